The fraction of sp³-hybridized carbons (Fsp3) is 0.167. The summed E-state index contributed by atoms with van der Waals surface area (Å²) >= 11 is 0. The zero-order chi connectivity index (χ0) is 10.1. The molecule has 0 spiro atoms. The van der Waals surface area contributed by atoms with Gasteiger partial charge < -0.3 is 0 Å². The topological polar surface area (TPSA) is 19.9 Å². The fourth-order valence-electron chi connectivity index (χ4n) is 1.68. The quantitative estimate of drug-likeness (QED) is 0.654. The maximum atomic E-state index is 13.4. The van der Waals surface area contributed by atoms with Crippen LogP contribution < -0.4 is 0 Å². The Morgan fingerprint density at radius 1 is 1.14 bits per heavy atom. The summed E-state index contributed by atoms with van der Waals surface area (Å²) in [7, 11) is 0. The van der Waals surface area contributed by atoms with Gasteiger partial charge in [0.05, 0.1) is 0 Å². The summed E-state index contributed by atoms with van der Waals surface area (Å²) in [6.07, 6.45) is -1.03. The van der Waals surface area contributed by atoms with Gasteiger partial charge in [-0.1, -0.05) is 30.3 Å². The van der Waals surface area contributed by atoms with Gasteiger partial charge in [0, 0.05) is 5.56 Å². The first-order valence-electron chi connectivity index (χ1n) is 4.53. The number of fused-ring (bicyclic) bond motifs is 1. The van der Waals surface area contributed by atoms with Crippen LogP contribution in [0, 0.1) is 5.82 Å². The van der Waals surface area contributed by atoms with Crippen LogP contribution in [0.1, 0.15) is 18.6 Å². The van der Waals surface area contributed by atoms with Crippen LogP contribution in [-0.4, -0.2) is 0 Å². The van der Waals surface area contributed by atoms with Crippen LogP contribution >= 0.6 is 0 Å². The molecule has 0 aliphatic rings. The molecule has 2 aromatic rings. The second kappa shape index (κ2) is 3.39. The van der Waals surface area contributed by atoms with E-state index >= 15 is 0 Å². The van der Waals surface area contributed by atoms with Crippen molar-refractivity contribution in [2.45, 2.75) is 13.0 Å². The standard InChI is InChI=1S/C12H10FO/c1-8(14)12-10-5-3-2-4-9(10)6-7-11(12)13/h2-8H,1H3. The van der Waals surface area contributed by atoms with Crippen molar-refractivity contribution >= 4 is 10.8 Å². The van der Waals surface area contributed by atoms with E-state index in [-0.39, 0.29) is 5.56 Å². The van der Waals surface area contributed by atoms with E-state index in [1.807, 2.05) is 18.2 Å². The van der Waals surface area contributed by atoms with Gasteiger partial charge in [0.25, 0.3) is 0 Å². The molecule has 0 aliphatic heterocycles. The molecule has 0 fully saturated rings. The first-order valence-corrected chi connectivity index (χ1v) is 4.53. The van der Waals surface area contributed by atoms with Crippen LogP contribution in [0.15, 0.2) is 36.4 Å². The third-order valence-corrected chi connectivity index (χ3v) is 2.32. The molecule has 0 amide bonds. The monoisotopic (exact) mass is 189 g/mol. The molecule has 1 nitrogen and oxygen atoms in total. The van der Waals surface area contributed by atoms with Crippen LogP contribution in [-0.2, 0) is 5.11 Å². The summed E-state index contributed by atoms with van der Waals surface area (Å²) in [4.78, 5) is 0. The van der Waals surface area contributed by atoms with E-state index in [9.17, 15) is 9.50 Å². The molecule has 0 bridgehead atoms. The third-order valence-electron chi connectivity index (χ3n) is 2.32. The summed E-state index contributed by atoms with van der Waals surface area (Å²) in [6.45, 7) is 1.46. The van der Waals surface area contributed by atoms with Crippen molar-refractivity contribution in [3.05, 3.63) is 47.8 Å². The molecule has 0 heterocycles. The van der Waals surface area contributed by atoms with Crippen molar-refractivity contribution in [2.75, 3.05) is 0 Å². The Hall–Kier alpha value is -1.41. The van der Waals surface area contributed by atoms with Gasteiger partial charge in [0.1, 0.15) is 11.9 Å². The Kier molecular flexibility index (Phi) is 2.22. The summed E-state index contributed by atoms with van der Waals surface area (Å²) in [5, 5.41) is 13.0. The SMILES string of the molecule is CC([O])c1c(F)ccc2ccccc12. The summed E-state index contributed by atoms with van der Waals surface area (Å²) in [5.41, 5.74) is 0.267. The molecule has 1 radical (unpaired) electrons. The average molecular weight is 189 g/mol. The highest BCUT2D eigenvalue weighted by Gasteiger charge is 2.12. The first kappa shape index (κ1) is 9.16. The second-order valence-electron chi connectivity index (χ2n) is 3.32. The molecule has 0 N–H and O–H groups in total. The molecule has 0 aliphatic carbocycles. The lowest BCUT2D eigenvalue weighted by Gasteiger charge is -2.08. The van der Waals surface area contributed by atoms with Crippen molar-refractivity contribution in [3.63, 3.8) is 0 Å². The van der Waals surface area contributed by atoms with E-state index < -0.39 is 11.9 Å². The van der Waals surface area contributed by atoms with Crippen molar-refractivity contribution in [2.24, 2.45) is 0 Å². The molecule has 2 aromatic carbocycles. The molecule has 1 unspecified atom stereocenters. The van der Waals surface area contributed by atoms with Gasteiger partial charge in [0.15, 0.2) is 0 Å². The minimum Gasteiger partial charge on any atom is -0.228 e. The third kappa shape index (κ3) is 1.38. The predicted octanol–water partition coefficient (Wildman–Crippen LogP) is 3.47. The van der Waals surface area contributed by atoms with Crippen LogP contribution in [0.4, 0.5) is 4.39 Å². The highest BCUT2D eigenvalue weighted by Crippen LogP contribution is 2.26. The Bertz CT molecular complexity index is 463. The molecule has 71 valence electrons. The van der Waals surface area contributed by atoms with Gasteiger partial charge in [0.2, 0.25) is 0 Å². The molecular weight excluding hydrogens is 179 g/mol. The van der Waals surface area contributed by atoms with Gasteiger partial charge in [-0.3, -0.25) is 0 Å². The lowest BCUT2D eigenvalue weighted by atomic mass is 10.0. The van der Waals surface area contributed by atoms with Crippen LogP contribution in [0.5, 0.6) is 0 Å². The van der Waals surface area contributed by atoms with Crippen molar-refractivity contribution in [1.82, 2.24) is 0 Å². The summed E-state index contributed by atoms with van der Waals surface area (Å²) < 4.78 is 13.4. The molecule has 0 saturated carbocycles. The maximum Gasteiger partial charge on any atom is 0.129 e. The van der Waals surface area contributed by atoms with E-state index in [1.54, 1.807) is 12.1 Å². The lowest BCUT2D eigenvalue weighted by Crippen LogP contribution is -1.95. The molecule has 2 rings (SSSR count). The second-order valence-corrected chi connectivity index (χ2v) is 3.32. The van der Waals surface area contributed by atoms with Crippen LogP contribution in [0.2, 0.25) is 0 Å². The van der Waals surface area contributed by atoms with Crippen molar-refractivity contribution in [3.8, 4) is 0 Å². The largest absolute Gasteiger partial charge is 0.228 e. The number of hydrogen-bond donors (Lipinski definition) is 0. The highest BCUT2D eigenvalue weighted by molar-refractivity contribution is 5.86. The number of halogens is 1. The molecule has 0 aromatic heterocycles. The van der Waals surface area contributed by atoms with Crippen LogP contribution in [0.3, 0.4) is 0 Å². The molecule has 14 heavy (non-hydrogen) atoms. The molecule has 2 heteroatoms. The summed E-state index contributed by atoms with van der Waals surface area (Å²) in [5.74, 6) is -0.411. The summed E-state index contributed by atoms with van der Waals surface area (Å²) in [6, 6.07) is 10.4. The zero-order valence-electron chi connectivity index (χ0n) is 7.83. The van der Waals surface area contributed by atoms with E-state index in [0.29, 0.717) is 0 Å². The van der Waals surface area contributed by atoms with Crippen molar-refractivity contribution in [1.29, 1.82) is 0 Å². The Morgan fingerprint density at radius 3 is 2.57 bits per heavy atom. The smallest absolute Gasteiger partial charge is 0.129 e. The number of benzene rings is 2. The molecule has 0 saturated heterocycles. The first-order chi connectivity index (χ1) is 6.70. The van der Waals surface area contributed by atoms with E-state index in [0.717, 1.165) is 10.8 Å². The minimum absolute atomic E-state index is 0.267. The Morgan fingerprint density at radius 2 is 1.86 bits per heavy atom. The minimum atomic E-state index is -1.03. The average Bonchev–Trinajstić information content (AvgIpc) is 2.17. The zero-order valence-corrected chi connectivity index (χ0v) is 7.83. The van der Waals surface area contributed by atoms with Gasteiger partial charge in [-0.25, -0.2) is 9.50 Å². The van der Waals surface area contributed by atoms with E-state index in [1.165, 1.54) is 13.0 Å². The Labute approximate surface area is 81.8 Å². The maximum absolute atomic E-state index is 13.4. The van der Waals surface area contributed by atoms with Gasteiger partial charge >= 0.3 is 0 Å². The number of hydrogen-bond acceptors (Lipinski definition) is 0. The highest BCUT2D eigenvalue weighted by atomic mass is 19.1. The number of rotatable bonds is 1. The Balaban J connectivity index is 2.83. The normalized spacial score (nSPS) is 13.1. The van der Waals surface area contributed by atoms with E-state index in [4.69, 9.17) is 0 Å². The molecule has 1 atom stereocenters. The predicted molar refractivity (Wildman–Crippen MR) is 53.0 cm³/mol. The van der Waals surface area contributed by atoms with Gasteiger partial charge in [-0.2, -0.15) is 0 Å². The lowest BCUT2D eigenvalue weighted by molar-refractivity contribution is 0.104. The van der Waals surface area contributed by atoms with Gasteiger partial charge in [-0.05, 0) is 23.8 Å². The van der Waals surface area contributed by atoms with Crippen LogP contribution in [0.25, 0.3) is 10.8 Å². The fourth-order valence-corrected chi connectivity index (χ4v) is 1.68. The van der Waals surface area contributed by atoms with E-state index in [2.05, 4.69) is 0 Å². The van der Waals surface area contributed by atoms with Crippen molar-refractivity contribution < 1.29 is 9.50 Å². The molecular formula is C12H10FO. The van der Waals surface area contributed by atoms with Gasteiger partial charge in [-0.15, -0.1) is 0 Å².